The average molecular weight is 141 g/mol. The van der Waals surface area contributed by atoms with Gasteiger partial charge in [-0.1, -0.05) is 0 Å². The average Bonchev–Trinajstić information content (AvgIpc) is 1.95. The van der Waals surface area contributed by atoms with E-state index in [0.717, 1.165) is 6.20 Å². The molecule has 1 rings (SSSR count). The number of hydrogen-bond donors (Lipinski definition) is 1. The molecule has 3 nitrogen and oxygen atoms in total. The zero-order valence-corrected chi connectivity index (χ0v) is 5.63. The number of hydrogen-bond acceptors (Lipinski definition) is 3. The minimum Gasteiger partial charge on any atom is -0.324 e. The molecule has 0 aromatic carbocycles. The van der Waals surface area contributed by atoms with Gasteiger partial charge in [0.1, 0.15) is 5.82 Å². The second-order valence-electron chi connectivity index (χ2n) is 1.92. The van der Waals surface area contributed by atoms with Crippen LogP contribution in [0.3, 0.4) is 0 Å². The molecule has 0 aliphatic heterocycles. The van der Waals surface area contributed by atoms with E-state index >= 15 is 0 Å². The molecule has 2 N–H and O–H groups in total. The zero-order chi connectivity index (χ0) is 7.56. The van der Waals surface area contributed by atoms with Gasteiger partial charge in [-0.3, -0.25) is 0 Å². The number of rotatable bonds is 1. The Labute approximate surface area is 58.1 Å². The topological polar surface area (TPSA) is 51.8 Å². The molecule has 0 spiro atoms. The van der Waals surface area contributed by atoms with Gasteiger partial charge in [-0.15, -0.1) is 0 Å². The van der Waals surface area contributed by atoms with Gasteiger partial charge >= 0.3 is 0 Å². The summed E-state index contributed by atoms with van der Waals surface area (Å²) in [6, 6.07) is 0. The van der Waals surface area contributed by atoms with E-state index < -0.39 is 5.82 Å². The molecule has 0 saturated heterocycles. The molecule has 0 unspecified atom stereocenters. The van der Waals surface area contributed by atoms with Gasteiger partial charge in [0.2, 0.25) is 0 Å². The van der Waals surface area contributed by atoms with Crippen LogP contribution in [0.1, 0.15) is 11.5 Å². The first-order chi connectivity index (χ1) is 4.74. The van der Waals surface area contributed by atoms with Crippen molar-refractivity contribution in [3.05, 3.63) is 23.5 Å². The van der Waals surface area contributed by atoms with E-state index in [9.17, 15) is 4.39 Å². The highest BCUT2D eigenvalue weighted by atomic mass is 19.1. The van der Waals surface area contributed by atoms with Crippen molar-refractivity contribution in [3.8, 4) is 0 Å². The molecular weight excluding hydrogens is 133 g/mol. The van der Waals surface area contributed by atoms with E-state index in [1.807, 2.05) is 0 Å². The van der Waals surface area contributed by atoms with Crippen LogP contribution in [-0.4, -0.2) is 9.97 Å². The fraction of sp³-hybridized carbons (Fsp3) is 0.333. The molecule has 1 aromatic rings. The molecule has 0 saturated carbocycles. The van der Waals surface area contributed by atoms with Gasteiger partial charge in [-0.05, 0) is 6.92 Å². The first-order valence-corrected chi connectivity index (χ1v) is 2.92. The Bertz CT molecular complexity index is 236. The molecule has 0 radical (unpaired) electrons. The monoisotopic (exact) mass is 141 g/mol. The zero-order valence-electron chi connectivity index (χ0n) is 5.63. The maximum absolute atomic E-state index is 12.5. The third kappa shape index (κ3) is 1.27. The third-order valence-electron chi connectivity index (χ3n) is 1.15. The van der Waals surface area contributed by atoms with Gasteiger partial charge < -0.3 is 5.73 Å². The lowest BCUT2D eigenvalue weighted by Gasteiger charge is -1.96. The molecule has 1 heterocycles. The van der Waals surface area contributed by atoms with Crippen molar-refractivity contribution in [2.24, 2.45) is 5.73 Å². The Hall–Kier alpha value is -1.03. The van der Waals surface area contributed by atoms with Crippen LogP contribution in [0.4, 0.5) is 4.39 Å². The smallest absolute Gasteiger partial charge is 0.162 e. The summed E-state index contributed by atoms with van der Waals surface area (Å²) in [5.74, 6) is 0.0797. The van der Waals surface area contributed by atoms with Gasteiger partial charge in [-0.25, -0.2) is 14.4 Å². The van der Waals surface area contributed by atoms with E-state index in [4.69, 9.17) is 5.73 Å². The van der Waals surface area contributed by atoms with E-state index in [-0.39, 0.29) is 6.54 Å². The van der Waals surface area contributed by atoms with Gasteiger partial charge in [0.25, 0.3) is 0 Å². The number of nitrogens with two attached hydrogens (primary N) is 1. The number of halogens is 1. The second kappa shape index (κ2) is 2.70. The van der Waals surface area contributed by atoms with E-state index in [2.05, 4.69) is 9.97 Å². The predicted molar refractivity (Wildman–Crippen MR) is 34.6 cm³/mol. The normalized spacial score (nSPS) is 9.90. The summed E-state index contributed by atoms with van der Waals surface area (Å²) in [5, 5.41) is 0. The summed E-state index contributed by atoms with van der Waals surface area (Å²) in [7, 11) is 0. The van der Waals surface area contributed by atoms with E-state index in [0.29, 0.717) is 11.5 Å². The number of nitrogens with zero attached hydrogens (tertiary/aromatic N) is 2. The van der Waals surface area contributed by atoms with Crippen molar-refractivity contribution < 1.29 is 4.39 Å². The quantitative estimate of drug-likeness (QED) is 0.615. The summed E-state index contributed by atoms with van der Waals surface area (Å²) >= 11 is 0. The summed E-state index contributed by atoms with van der Waals surface area (Å²) in [4.78, 5) is 7.43. The SMILES string of the molecule is Cc1nc(CN)ncc1F. The van der Waals surface area contributed by atoms with Gasteiger partial charge in [0.15, 0.2) is 5.82 Å². The van der Waals surface area contributed by atoms with Crippen molar-refractivity contribution >= 4 is 0 Å². The Morgan fingerprint density at radius 1 is 1.70 bits per heavy atom. The summed E-state index contributed by atoms with van der Waals surface area (Å²) in [6.45, 7) is 1.83. The van der Waals surface area contributed by atoms with Gasteiger partial charge in [0, 0.05) is 0 Å². The maximum Gasteiger partial charge on any atom is 0.162 e. The molecule has 54 valence electrons. The van der Waals surface area contributed by atoms with Crippen LogP contribution in [0, 0.1) is 12.7 Å². The molecule has 1 aromatic heterocycles. The molecule has 4 heteroatoms. The highest BCUT2D eigenvalue weighted by Crippen LogP contribution is 1.99. The first kappa shape index (κ1) is 7.08. The van der Waals surface area contributed by atoms with Crippen LogP contribution < -0.4 is 5.73 Å². The molecule has 0 amide bonds. The van der Waals surface area contributed by atoms with Crippen LogP contribution in [0.15, 0.2) is 6.20 Å². The van der Waals surface area contributed by atoms with Crippen molar-refractivity contribution in [1.82, 2.24) is 9.97 Å². The minimum absolute atomic E-state index is 0.251. The summed E-state index contributed by atoms with van der Waals surface area (Å²) in [5.41, 5.74) is 5.56. The van der Waals surface area contributed by atoms with E-state index in [1.165, 1.54) is 0 Å². The highest BCUT2D eigenvalue weighted by molar-refractivity contribution is 5.02. The van der Waals surface area contributed by atoms with Gasteiger partial charge in [-0.2, -0.15) is 0 Å². The largest absolute Gasteiger partial charge is 0.324 e. The molecule has 0 fully saturated rings. The van der Waals surface area contributed by atoms with Gasteiger partial charge in [0.05, 0.1) is 18.4 Å². The first-order valence-electron chi connectivity index (χ1n) is 2.92. The van der Waals surface area contributed by atoms with Crippen LogP contribution in [0.5, 0.6) is 0 Å². The Morgan fingerprint density at radius 3 is 2.90 bits per heavy atom. The van der Waals surface area contributed by atoms with Crippen molar-refractivity contribution in [2.45, 2.75) is 13.5 Å². The summed E-state index contributed by atoms with van der Waals surface area (Å²) in [6.07, 6.45) is 1.13. The Morgan fingerprint density at radius 2 is 2.40 bits per heavy atom. The van der Waals surface area contributed by atoms with Crippen LogP contribution >= 0.6 is 0 Å². The van der Waals surface area contributed by atoms with E-state index in [1.54, 1.807) is 6.92 Å². The second-order valence-corrected chi connectivity index (χ2v) is 1.92. The molecule has 0 aliphatic rings. The molecule has 10 heavy (non-hydrogen) atoms. The Balaban J connectivity index is 3.04. The fourth-order valence-corrected chi connectivity index (χ4v) is 0.599. The number of aryl methyl sites for hydroxylation is 1. The lowest BCUT2D eigenvalue weighted by Crippen LogP contribution is -2.04. The lowest BCUT2D eigenvalue weighted by atomic mass is 10.4. The molecule has 0 bridgehead atoms. The predicted octanol–water partition coefficient (Wildman–Crippen LogP) is 0.383. The van der Waals surface area contributed by atoms with Crippen LogP contribution in [-0.2, 0) is 6.54 Å². The van der Waals surface area contributed by atoms with Crippen molar-refractivity contribution in [2.75, 3.05) is 0 Å². The Kier molecular flexibility index (Phi) is 1.91. The standard InChI is InChI=1S/C6H8FN3/c1-4-5(7)3-9-6(2-8)10-4/h3H,2,8H2,1H3. The summed E-state index contributed by atoms with van der Waals surface area (Å²) < 4.78 is 12.5. The van der Waals surface area contributed by atoms with Crippen molar-refractivity contribution in [1.29, 1.82) is 0 Å². The number of aromatic nitrogens is 2. The minimum atomic E-state index is -0.391. The van der Waals surface area contributed by atoms with Crippen LogP contribution in [0.25, 0.3) is 0 Å². The lowest BCUT2D eigenvalue weighted by molar-refractivity contribution is 0.596. The fourth-order valence-electron chi connectivity index (χ4n) is 0.599. The highest BCUT2D eigenvalue weighted by Gasteiger charge is 1.98. The maximum atomic E-state index is 12.5. The third-order valence-corrected chi connectivity index (χ3v) is 1.15. The molecular formula is C6H8FN3. The molecule has 0 atom stereocenters. The molecule has 0 aliphatic carbocycles. The van der Waals surface area contributed by atoms with Crippen molar-refractivity contribution in [3.63, 3.8) is 0 Å². The van der Waals surface area contributed by atoms with Crippen LogP contribution in [0.2, 0.25) is 0 Å².